The maximum atomic E-state index is 6.06. The molecular formula is C13H19N3O2Si. The Kier molecular flexibility index (Phi) is 4.84. The zero-order valence-corrected chi connectivity index (χ0v) is 12.3. The van der Waals surface area contributed by atoms with Gasteiger partial charge < -0.3 is 8.85 Å². The number of benzene rings is 1. The molecule has 0 aliphatic carbocycles. The van der Waals surface area contributed by atoms with Gasteiger partial charge in [0, 0.05) is 13.2 Å². The molecule has 0 unspecified atom stereocenters. The van der Waals surface area contributed by atoms with Crippen LogP contribution in [0.1, 0.15) is 13.8 Å². The Morgan fingerprint density at radius 3 is 2.32 bits per heavy atom. The number of aromatic nitrogens is 3. The van der Waals surface area contributed by atoms with Gasteiger partial charge in [-0.05, 0) is 19.0 Å². The molecule has 6 heteroatoms. The molecule has 1 aromatic heterocycles. The molecule has 2 aromatic rings. The second-order valence-corrected chi connectivity index (χ2v) is 7.05. The lowest BCUT2D eigenvalue weighted by molar-refractivity contribution is 0.188. The van der Waals surface area contributed by atoms with E-state index in [1.807, 2.05) is 32.0 Å². The number of nitrogens with zero attached hydrogens (tertiary/aromatic N) is 3. The summed E-state index contributed by atoms with van der Waals surface area (Å²) < 4.78 is 13.9. The molecule has 0 radical (unpaired) electrons. The van der Waals surface area contributed by atoms with Gasteiger partial charge in [0.15, 0.2) is 0 Å². The molecule has 0 fully saturated rings. The Morgan fingerprint density at radius 1 is 1.11 bits per heavy atom. The molecule has 0 spiro atoms. The Bertz CT molecular complexity index is 470. The van der Waals surface area contributed by atoms with Crippen LogP contribution in [0.2, 0.25) is 0 Å². The van der Waals surface area contributed by atoms with E-state index in [2.05, 4.69) is 22.2 Å². The molecule has 0 atom stereocenters. The van der Waals surface area contributed by atoms with E-state index in [4.69, 9.17) is 8.85 Å². The maximum absolute atomic E-state index is 6.06. The Hall–Kier alpha value is -1.50. The zero-order valence-electron chi connectivity index (χ0n) is 11.3. The van der Waals surface area contributed by atoms with Gasteiger partial charge in [0.05, 0.1) is 6.17 Å². The standard InChI is InChI=1S/C13H19N3O2Si/c1-3-17-19(18-4-2,12-16-11-14-10-15-16)13-8-6-5-7-9-13/h5-11H,3-4,12H2,1-2H3. The van der Waals surface area contributed by atoms with Gasteiger partial charge in [0.2, 0.25) is 0 Å². The summed E-state index contributed by atoms with van der Waals surface area (Å²) in [6.45, 7) is 5.22. The van der Waals surface area contributed by atoms with E-state index >= 15 is 0 Å². The topological polar surface area (TPSA) is 49.2 Å². The zero-order chi connectivity index (χ0) is 13.6. The highest BCUT2D eigenvalue weighted by Gasteiger charge is 2.40. The van der Waals surface area contributed by atoms with Crippen LogP contribution < -0.4 is 5.19 Å². The highest BCUT2D eigenvalue weighted by Crippen LogP contribution is 2.11. The van der Waals surface area contributed by atoms with Crippen molar-refractivity contribution >= 4 is 13.7 Å². The minimum Gasteiger partial charge on any atom is -0.390 e. The third kappa shape index (κ3) is 3.28. The van der Waals surface area contributed by atoms with Gasteiger partial charge in [-0.2, -0.15) is 5.10 Å². The molecule has 0 aliphatic rings. The minimum atomic E-state index is -2.52. The summed E-state index contributed by atoms with van der Waals surface area (Å²) in [4.78, 5) is 3.98. The second-order valence-electron chi connectivity index (χ2n) is 4.08. The van der Waals surface area contributed by atoms with Crippen molar-refractivity contribution in [1.29, 1.82) is 0 Å². The number of rotatable bonds is 7. The smallest absolute Gasteiger partial charge is 0.390 e. The minimum absolute atomic E-state index is 0.610. The van der Waals surface area contributed by atoms with Crippen molar-refractivity contribution in [3.63, 3.8) is 0 Å². The molecule has 102 valence electrons. The van der Waals surface area contributed by atoms with Crippen LogP contribution >= 0.6 is 0 Å². The van der Waals surface area contributed by atoms with Crippen molar-refractivity contribution in [1.82, 2.24) is 14.8 Å². The van der Waals surface area contributed by atoms with E-state index < -0.39 is 8.56 Å². The predicted molar refractivity (Wildman–Crippen MR) is 75.1 cm³/mol. The molecule has 0 saturated carbocycles. The summed E-state index contributed by atoms with van der Waals surface area (Å²) in [6.07, 6.45) is 3.84. The number of hydrogen-bond acceptors (Lipinski definition) is 4. The molecule has 0 N–H and O–H groups in total. The predicted octanol–water partition coefficient (Wildman–Crippen LogP) is 1.24. The second kappa shape index (κ2) is 6.60. The van der Waals surface area contributed by atoms with E-state index in [1.54, 1.807) is 11.0 Å². The van der Waals surface area contributed by atoms with Gasteiger partial charge in [-0.3, -0.25) is 4.68 Å². The molecule has 5 nitrogen and oxygen atoms in total. The SMILES string of the molecule is CCO[Si](Cn1cncn1)(OCC)c1ccccc1. The molecule has 1 heterocycles. The first-order valence-corrected chi connectivity index (χ1v) is 8.49. The Labute approximate surface area is 114 Å². The fourth-order valence-corrected chi connectivity index (χ4v) is 5.08. The average Bonchev–Trinajstić information content (AvgIpc) is 2.93. The van der Waals surface area contributed by atoms with Crippen molar-refractivity contribution in [3.8, 4) is 0 Å². The summed E-state index contributed by atoms with van der Waals surface area (Å²) in [6, 6.07) is 10.1. The Morgan fingerprint density at radius 2 is 1.79 bits per heavy atom. The summed E-state index contributed by atoms with van der Waals surface area (Å²) in [5, 5.41) is 5.29. The fraction of sp³-hybridized carbons (Fsp3) is 0.385. The first-order chi connectivity index (χ1) is 9.30. The lowest BCUT2D eigenvalue weighted by Gasteiger charge is -2.30. The van der Waals surface area contributed by atoms with Crippen LogP contribution in [-0.2, 0) is 15.0 Å². The summed E-state index contributed by atoms with van der Waals surface area (Å²) in [5.74, 6) is 0. The van der Waals surface area contributed by atoms with Crippen LogP contribution in [0.15, 0.2) is 43.0 Å². The lowest BCUT2D eigenvalue weighted by atomic mass is 10.4. The molecule has 19 heavy (non-hydrogen) atoms. The lowest BCUT2D eigenvalue weighted by Crippen LogP contribution is -2.57. The Balaban J connectivity index is 2.35. The molecule has 2 rings (SSSR count). The summed E-state index contributed by atoms with van der Waals surface area (Å²) in [7, 11) is -2.52. The van der Waals surface area contributed by atoms with Crippen molar-refractivity contribution in [3.05, 3.63) is 43.0 Å². The highest BCUT2D eigenvalue weighted by atomic mass is 28.4. The van der Waals surface area contributed by atoms with Gasteiger partial charge in [-0.25, -0.2) is 4.98 Å². The van der Waals surface area contributed by atoms with Crippen LogP contribution in [-0.4, -0.2) is 36.5 Å². The third-order valence-electron chi connectivity index (χ3n) is 2.81. The van der Waals surface area contributed by atoms with Crippen molar-refractivity contribution in [2.24, 2.45) is 0 Å². The molecule has 0 saturated heterocycles. The van der Waals surface area contributed by atoms with E-state index in [0.717, 1.165) is 5.19 Å². The van der Waals surface area contributed by atoms with Crippen LogP contribution in [0.5, 0.6) is 0 Å². The average molecular weight is 277 g/mol. The monoisotopic (exact) mass is 277 g/mol. The van der Waals surface area contributed by atoms with E-state index in [-0.39, 0.29) is 0 Å². The summed E-state index contributed by atoms with van der Waals surface area (Å²) >= 11 is 0. The first kappa shape index (κ1) is 13.9. The number of hydrogen-bond donors (Lipinski definition) is 0. The third-order valence-corrected chi connectivity index (χ3v) is 6.27. The maximum Gasteiger partial charge on any atom is 0.394 e. The molecular weight excluding hydrogens is 258 g/mol. The first-order valence-electron chi connectivity index (χ1n) is 6.46. The molecule has 1 aromatic carbocycles. The van der Waals surface area contributed by atoms with Crippen LogP contribution in [0.4, 0.5) is 0 Å². The highest BCUT2D eigenvalue weighted by molar-refractivity contribution is 6.80. The fourth-order valence-electron chi connectivity index (χ4n) is 2.08. The molecule has 0 amide bonds. The van der Waals surface area contributed by atoms with E-state index in [9.17, 15) is 0 Å². The summed E-state index contributed by atoms with van der Waals surface area (Å²) in [5.41, 5.74) is 0. The van der Waals surface area contributed by atoms with Crippen LogP contribution in [0, 0.1) is 0 Å². The van der Waals surface area contributed by atoms with Crippen molar-refractivity contribution < 1.29 is 8.85 Å². The normalized spacial score (nSPS) is 11.7. The van der Waals surface area contributed by atoms with Crippen molar-refractivity contribution in [2.45, 2.75) is 20.0 Å². The quantitative estimate of drug-likeness (QED) is 0.715. The van der Waals surface area contributed by atoms with Crippen molar-refractivity contribution in [2.75, 3.05) is 13.2 Å². The van der Waals surface area contributed by atoms with Gasteiger partial charge in [0.25, 0.3) is 0 Å². The van der Waals surface area contributed by atoms with Crippen LogP contribution in [0.3, 0.4) is 0 Å². The molecule has 0 aliphatic heterocycles. The van der Waals surface area contributed by atoms with Gasteiger partial charge in [0.1, 0.15) is 12.7 Å². The van der Waals surface area contributed by atoms with Gasteiger partial charge >= 0.3 is 8.56 Å². The van der Waals surface area contributed by atoms with E-state index in [0.29, 0.717) is 19.4 Å². The van der Waals surface area contributed by atoms with E-state index in [1.165, 1.54) is 6.33 Å². The molecule has 0 bridgehead atoms. The van der Waals surface area contributed by atoms with Gasteiger partial charge in [-0.15, -0.1) is 0 Å². The van der Waals surface area contributed by atoms with Gasteiger partial charge in [-0.1, -0.05) is 30.3 Å². The van der Waals surface area contributed by atoms with Crippen LogP contribution in [0.25, 0.3) is 0 Å². The largest absolute Gasteiger partial charge is 0.394 e.